The van der Waals surface area contributed by atoms with Gasteiger partial charge in [0.25, 0.3) is 0 Å². The fourth-order valence-electron chi connectivity index (χ4n) is 2.67. The highest BCUT2D eigenvalue weighted by molar-refractivity contribution is 5.95. The average molecular weight is 287 g/mol. The molecule has 0 saturated heterocycles. The molecule has 1 unspecified atom stereocenters. The number of anilines is 1. The van der Waals surface area contributed by atoms with Gasteiger partial charge in [-0.15, -0.1) is 0 Å². The molecule has 6 nitrogen and oxygen atoms in total. The summed E-state index contributed by atoms with van der Waals surface area (Å²) in [5.41, 5.74) is 1.99. The van der Waals surface area contributed by atoms with Crippen LogP contribution in [-0.4, -0.2) is 28.0 Å². The van der Waals surface area contributed by atoms with Crippen LogP contribution in [0, 0.1) is 0 Å². The van der Waals surface area contributed by atoms with Gasteiger partial charge in [0.15, 0.2) is 0 Å². The molecule has 0 bridgehead atoms. The first-order valence-corrected chi connectivity index (χ1v) is 6.87. The fraction of sp³-hybridized carbons (Fsp3) is 0.333. The number of hydrogen-bond acceptors (Lipinski definition) is 4. The predicted octanol–water partition coefficient (Wildman–Crippen LogP) is 2.32. The van der Waals surface area contributed by atoms with Crippen molar-refractivity contribution >= 4 is 11.8 Å². The zero-order valence-corrected chi connectivity index (χ0v) is 12.0. The quantitative estimate of drug-likeness (QED) is 0.902. The first-order chi connectivity index (χ1) is 10.1. The van der Waals surface area contributed by atoms with Gasteiger partial charge in [-0.05, 0) is 24.1 Å². The molecule has 0 saturated carbocycles. The topological polar surface area (TPSA) is 76.4 Å². The highest BCUT2D eigenvalue weighted by Gasteiger charge is 2.30. The minimum absolute atomic E-state index is 0.0300. The molecule has 1 aliphatic heterocycles. The summed E-state index contributed by atoms with van der Waals surface area (Å²) in [7, 11) is 1.63. The van der Waals surface area contributed by atoms with Crippen LogP contribution < -0.4 is 10.1 Å². The van der Waals surface area contributed by atoms with Crippen molar-refractivity contribution in [3.05, 3.63) is 41.1 Å². The lowest BCUT2D eigenvalue weighted by atomic mass is 10.1. The van der Waals surface area contributed by atoms with Crippen LogP contribution in [0.1, 0.15) is 34.6 Å². The molecule has 0 spiro atoms. The zero-order chi connectivity index (χ0) is 15.0. The Morgan fingerprint density at radius 2 is 2.19 bits per heavy atom. The van der Waals surface area contributed by atoms with Crippen molar-refractivity contribution in [3.8, 4) is 5.75 Å². The second-order valence-corrected chi connectivity index (χ2v) is 4.98. The third-order valence-electron chi connectivity index (χ3n) is 3.76. The predicted molar refractivity (Wildman–Crippen MR) is 77.9 cm³/mol. The van der Waals surface area contributed by atoms with Gasteiger partial charge in [-0.25, -0.2) is 9.48 Å². The molecule has 2 N–H and O–H groups in total. The highest BCUT2D eigenvalue weighted by atomic mass is 16.5. The SMILES string of the molecule is CCc1nn2c(c1C(=O)O)NC(c1ccc(OC)cc1)C2. The minimum Gasteiger partial charge on any atom is -0.497 e. The number of nitrogens with one attached hydrogen (secondary N) is 1. The summed E-state index contributed by atoms with van der Waals surface area (Å²) in [5, 5.41) is 17.0. The van der Waals surface area contributed by atoms with Gasteiger partial charge in [0.2, 0.25) is 0 Å². The van der Waals surface area contributed by atoms with E-state index in [1.807, 2.05) is 31.2 Å². The van der Waals surface area contributed by atoms with Gasteiger partial charge in [0, 0.05) is 0 Å². The number of methoxy groups -OCH3 is 1. The molecular weight excluding hydrogens is 270 g/mol. The molecule has 6 heteroatoms. The summed E-state index contributed by atoms with van der Waals surface area (Å²) in [5.74, 6) is 0.463. The second kappa shape index (κ2) is 5.12. The van der Waals surface area contributed by atoms with Crippen LogP contribution in [0.2, 0.25) is 0 Å². The highest BCUT2D eigenvalue weighted by Crippen LogP contribution is 2.33. The number of ether oxygens (including phenoxy) is 1. The van der Waals surface area contributed by atoms with Crippen LogP contribution in [0.4, 0.5) is 5.82 Å². The first-order valence-electron chi connectivity index (χ1n) is 6.87. The number of hydrogen-bond donors (Lipinski definition) is 2. The van der Waals surface area contributed by atoms with E-state index in [9.17, 15) is 9.90 Å². The number of nitrogens with zero attached hydrogens (tertiary/aromatic N) is 2. The molecule has 1 aromatic carbocycles. The van der Waals surface area contributed by atoms with Gasteiger partial charge in [-0.1, -0.05) is 19.1 Å². The third-order valence-corrected chi connectivity index (χ3v) is 3.76. The number of benzene rings is 1. The van der Waals surface area contributed by atoms with Gasteiger partial charge in [0.1, 0.15) is 17.1 Å². The smallest absolute Gasteiger partial charge is 0.341 e. The van der Waals surface area contributed by atoms with Crippen molar-refractivity contribution < 1.29 is 14.6 Å². The maximum Gasteiger partial charge on any atom is 0.341 e. The molecule has 110 valence electrons. The Balaban J connectivity index is 1.89. The number of carboxylic acid groups (broad SMARTS) is 1. The maximum atomic E-state index is 11.4. The van der Waals surface area contributed by atoms with E-state index in [1.165, 1.54) is 0 Å². The lowest BCUT2D eigenvalue weighted by molar-refractivity contribution is 0.0697. The van der Waals surface area contributed by atoms with E-state index in [2.05, 4.69) is 10.4 Å². The number of aromatic carboxylic acids is 1. The Morgan fingerprint density at radius 1 is 1.48 bits per heavy atom. The van der Waals surface area contributed by atoms with Crippen LogP contribution in [0.3, 0.4) is 0 Å². The number of carbonyl (C=O) groups is 1. The summed E-state index contributed by atoms with van der Waals surface area (Å²) in [6, 6.07) is 7.78. The van der Waals surface area contributed by atoms with Crippen LogP contribution in [0.25, 0.3) is 0 Å². The Morgan fingerprint density at radius 3 is 2.76 bits per heavy atom. The van der Waals surface area contributed by atoms with Crippen LogP contribution in [0.15, 0.2) is 24.3 Å². The lowest BCUT2D eigenvalue weighted by Gasteiger charge is -2.12. The van der Waals surface area contributed by atoms with Crippen LogP contribution in [0.5, 0.6) is 5.75 Å². The Hall–Kier alpha value is -2.50. The minimum atomic E-state index is -0.934. The van der Waals surface area contributed by atoms with E-state index in [4.69, 9.17) is 4.74 Å². The maximum absolute atomic E-state index is 11.4. The van der Waals surface area contributed by atoms with Gasteiger partial charge < -0.3 is 15.2 Å². The molecule has 1 aromatic heterocycles. The van der Waals surface area contributed by atoms with Crippen molar-refractivity contribution in [1.82, 2.24) is 9.78 Å². The van der Waals surface area contributed by atoms with E-state index in [0.717, 1.165) is 11.3 Å². The largest absolute Gasteiger partial charge is 0.497 e. The standard InChI is InChI=1S/C15H17N3O3/c1-3-11-13(15(19)20)14-16-12(8-18(14)17-11)9-4-6-10(21-2)7-5-9/h4-7,12,16H,3,8H2,1-2H3,(H,19,20). The van der Waals surface area contributed by atoms with Gasteiger partial charge in [0.05, 0.1) is 25.4 Å². The number of aromatic nitrogens is 2. The van der Waals surface area contributed by atoms with Crippen molar-refractivity contribution in [2.45, 2.75) is 25.9 Å². The van der Waals surface area contributed by atoms with Gasteiger partial charge >= 0.3 is 5.97 Å². The molecule has 1 atom stereocenters. The fourth-order valence-corrected chi connectivity index (χ4v) is 2.67. The van der Waals surface area contributed by atoms with Crippen LogP contribution in [-0.2, 0) is 13.0 Å². The lowest BCUT2D eigenvalue weighted by Crippen LogP contribution is -2.10. The second-order valence-electron chi connectivity index (χ2n) is 4.98. The number of fused-ring (bicyclic) bond motifs is 1. The number of aryl methyl sites for hydroxylation is 1. The van der Waals surface area contributed by atoms with E-state index >= 15 is 0 Å². The van der Waals surface area contributed by atoms with Crippen molar-refractivity contribution in [2.24, 2.45) is 0 Å². The van der Waals surface area contributed by atoms with Crippen molar-refractivity contribution in [2.75, 3.05) is 12.4 Å². The molecule has 1 aliphatic rings. The molecular formula is C15H17N3O3. The number of rotatable bonds is 4. The summed E-state index contributed by atoms with van der Waals surface area (Å²) >= 11 is 0. The van der Waals surface area contributed by atoms with E-state index in [-0.39, 0.29) is 11.6 Å². The molecule has 0 radical (unpaired) electrons. The Labute approximate surface area is 122 Å². The first kappa shape index (κ1) is 13.5. The molecule has 21 heavy (non-hydrogen) atoms. The summed E-state index contributed by atoms with van der Waals surface area (Å²) in [4.78, 5) is 11.4. The van der Waals surface area contributed by atoms with E-state index in [1.54, 1.807) is 11.8 Å². The van der Waals surface area contributed by atoms with Crippen molar-refractivity contribution in [3.63, 3.8) is 0 Å². The zero-order valence-electron chi connectivity index (χ0n) is 12.0. The summed E-state index contributed by atoms with van der Waals surface area (Å²) in [6.07, 6.45) is 0.608. The molecule has 0 amide bonds. The van der Waals surface area contributed by atoms with Gasteiger partial charge in [-0.3, -0.25) is 0 Å². The Bertz CT molecular complexity index is 676. The summed E-state index contributed by atoms with van der Waals surface area (Å²) < 4.78 is 6.89. The molecule has 0 aliphatic carbocycles. The number of carboxylic acids is 1. The van der Waals surface area contributed by atoms with Crippen molar-refractivity contribution in [1.29, 1.82) is 0 Å². The van der Waals surface area contributed by atoms with E-state index in [0.29, 0.717) is 24.5 Å². The average Bonchev–Trinajstić information content (AvgIpc) is 3.03. The molecule has 3 rings (SSSR count). The van der Waals surface area contributed by atoms with Crippen LogP contribution >= 0.6 is 0 Å². The van der Waals surface area contributed by atoms with Gasteiger partial charge in [-0.2, -0.15) is 5.10 Å². The molecule has 0 fully saturated rings. The monoisotopic (exact) mass is 287 g/mol. The summed E-state index contributed by atoms with van der Waals surface area (Å²) in [6.45, 7) is 2.54. The van der Waals surface area contributed by atoms with E-state index < -0.39 is 5.97 Å². The third kappa shape index (κ3) is 2.22. The Kier molecular flexibility index (Phi) is 3.29. The molecule has 2 aromatic rings. The molecule has 2 heterocycles. The normalized spacial score (nSPS) is 16.4.